The maximum absolute atomic E-state index is 12.7. The lowest BCUT2D eigenvalue weighted by atomic mass is 10.2. The molecular weight excluding hydrogens is 310 g/mol. The Balaban J connectivity index is 1.76. The summed E-state index contributed by atoms with van der Waals surface area (Å²) in [6.07, 6.45) is 1.69. The largest absolute Gasteiger partial charge is 0.354 e. The first-order chi connectivity index (χ1) is 12.2. The van der Waals surface area contributed by atoms with Crippen LogP contribution in [0.5, 0.6) is 0 Å². The molecule has 1 heterocycles. The van der Waals surface area contributed by atoms with Crippen LogP contribution in [0.25, 0.3) is 0 Å². The van der Waals surface area contributed by atoms with E-state index in [1.165, 1.54) is 5.56 Å². The van der Waals surface area contributed by atoms with Crippen molar-refractivity contribution in [3.63, 3.8) is 0 Å². The molecule has 1 aromatic heterocycles. The predicted octanol–water partition coefficient (Wildman–Crippen LogP) is 4.80. The smallest absolute Gasteiger partial charge is 0.276 e. The number of nitrogens with one attached hydrogen (secondary N) is 1. The zero-order valence-corrected chi connectivity index (χ0v) is 14.4. The van der Waals surface area contributed by atoms with Gasteiger partial charge in [0, 0.05) is 17.9 Å². The van der Waals surface area contributed by atoms with E-state index in [1.54, 1.807) is 17.2 Å². The SMILES string of the molecule is CCN(C(=O)c1ccc(Nc2cccc(C)c2)cn1)c1ccccc1. The van der Waals surface area contributed by atoms with Gasteiger partial charge in [-0.1, -0.05) is 30.3 Å². The van der Waals surface area contributed by atoms with Gasteiger partial charge >= 0.3 is 0 Å². The lowest BCUT2D eigenvalue weighted by Gasteiger charge is -2.20. The number of amides is 1. The van der Waals surface area contributed by atoms with Gasteiger partial charge in [0.1, 0.15) is 5.69 Å². The molecule has 3 aromatic rings. The molecule has 25 heavy (non-hydrogen) atoms. The van der Waals surface area contributed by atoms with Gasteiger partial charge in [0.2, 0.25) is 0 Å². The molecule has 4 heteroatoms. The van der Waals surface area contributed by atoms with Crippen LogP contribution in [0.2, 0.25) is 0 Å². The number of anilines is 3. The Bertz CT molecular complexity index is 845. The van der Waals surface area contributed by atoms with Crippen LogP contribution in [-0.4, -0.2) is 17.4 Å². The molecule has 126 valence electrons. The highest BCUT2D eigenvalue weighted by molar-refractivity contribution is 6.04. The summed E-state index contributed by atoms with van der Waals surface area (Å²) in [5.41, 5.74) is 4.34. The second kappa shape index (κ2) is 7.62. The van der Waals surface area contributed by atoms with E-state index in [2.05, 4.69) is 16.4 Å². The van der Waals surface area contributed by atoms with Crippen molar-refractivity contribution in [1.82, 2.24) is 4.98 Å². The van der Waals surface area contributed by atoms with Crippen molar-refractivity contribution in [1.29, 1.82) is 0 Å². The summed E-state index contributed by atoms with van der Waals surface area (Å²) in [4.78, 5) is 18.8. The van der Waals surface area contributed by atoms with Crippen molar-refractivity contribution in [3.05, 3.63) is 84.2 Å². The second-order valence-electron chi connectivity index (χ2n) is 5.81. The van der Waals surface area contributed by atoms with E-state index in [-0.39, 0.29) is 5.91 Å². The molecule has 3 rings (SSSR count). The number of carbonyl (C=O) groups is 1. The fourth-order valence-corrected chi connectivity index (χ4v) is 2.67. The number of hydrogen-bond donors (Lipinski definition) is 1. The third-order valence-electron chi connectivity index (χ3n) is 3.92. The first-order valence-electron chi connectivity index (χ1n) is 8.34. The first kappa shape index (κ1) is 16.7. The number of benzene rings is 2. The van der Waals surface area contributed by atoms with Crippen molar-refractivity contribution in [2.75, 3.05) is 16.8 Å². The highest BCUT2D eigenvalue weighted by Crippen LogP contribution is 2.19. The molecule has 0 aliphatic carbocycles. The molecule has 0 saturated carbocycles. The van der Waals surface area contributed by atoms with Gasteiger partial charge in [0.15, 0.2) is 0 Å². The molecule has 0 radical (unpaired) electrons. The maximum Gasteiger partial charge on any atom is 0.276 e. The van der Waals surface area contributed by atoms with E-state index in [9.17, 15) is 4.79 Å². The quantitative estimate of drug-likeness (QED) is 0.730. The fourth-order valence-electron chi connectivity index (χ4n) is 2.67. The number of pyridine rings is 1. The van der Waals surface area contributed by atoms with E-state index in [0.29, 0.717) is 12.2 Å². The minimum atomic E-state index is -0.101. The van der Waals surface area contributed by atoms with Crippen LogP contribution in [-0.2, 0) is 0 Å². The van der Waals surface area contributed by atoms with Gasteiger partial charge in [0.25, 0.3) is 5.91 Å². The van der Waals surface area contributed by atoms with E-state index >= 15 is 0 Å². The van der Waals surface area contributed by atoms with Crippen LogP contribution < -0.4 is 10.2 Å². The normalized spacial score (nSPS) is 10.3. The van der Waals surface area contributed by atoms with E-state index in [4.69, 9.17) is 0 Å². The molecule has 0 spiro atoms. The van der Waals surface area contributed by atoms with Gasteiger partial charge in [-0.3, -0.25) is 4.79 Å². The van der Waals surface area contributed by atoms with Crippen LogP contribution in [0.1, 0.15) is 23.0 Å². The Labute approximate surface area is 148 Å². The van der Waals surface area contributed by atoms with Crippen LogP contribution >= 0.6 is 0 Å². The van der Waals surface area contributed by atoms with Gasteiger partial charge in [-0.05, 0) is 55.8 Å². The van der Waals surface area contributed by atoms with Crippen LogP contribution in [0, 0.1) is 6.92 Å². The summed E-state index contributed by atoms with van der Waals surface area (Å²) in [7, 11) is 0. The number of hydrogen-bond acceptors (Lipinski definition) is 3. The third kappa shape index (κ3) is 4.04. The molecule has 0 atom stereocenters. The molecule has 0 bridgehead atoms. The average Bonchev–Trinajstić information content (AvgIpc) is 2.64. The Hall–Kier alpha value is -3.14. The highest BCUT2D eigenvalue weighted by atomic mass is 16.2. The van der Waals surface area contributed by atoms with Gasteiger partial charge in [-0.2, -0.15) is 0 Å². The van der Waals surface area contributed by atoms with Crippen molar-refractivity contribution >= 4 is 23.0 Å². The van der Waals surface area contributed by atoms with E-state index < -0.39 is 0 Å². The summed E-state index contributed by atoms with van der Waals surface area (Å²) in [5.74, 6) is -0.101. The van der Waals surface area contributed by atoms with Crippen molar-refractivity contribution in [2.24, 2.45) is 0 Å². The molecule has 0 unspecified atom stereocenters. The number of para-hydroxylation sites is 1. The van der Waals surface area contributed by atoms with Crippen molar-refractivity contribution in [2.45, 2.75) is 13.8 Å². The van der Waals surface area contributed by atoms with Crippen molar-refractivity contribution in [3.8, 4) is 0 Å². The highest BCUT2D eigenvalue weighted by Gasteiger charge is 2.16. The first-order valence-corrected chi connectivity index (χ1v) is 8.34. The second-order valence-corrected chi connectivity index (χ2v) is 5.81. The molecular formula is C21H21N3O. The Kier molecular flexibility index (Phi) is 5.09. The van der Waals surface area contributed by atoms with Gasteiger partial charge in [-0.25, -0.2) is 4.98 Å². The standard InChI is InChI=1S/C21H21N3O/c1-3-24(19-10-5-4-6-11-19)21(25)20-13-12-18(15-22-20)23-17-9-7-8-16(2)14-17/h4-15,23H,3H2,1-2H3. The lowest BCUT2D eigenvalue weighted by molar-refractivity contribution is 0.0983. The summed E-state index contributed by atoms with van der Waals surface area (Å²) in [5, 5.41) is 3.30. The lowest BCUT2D eigenvalue weighted by Crippen LogP contribution is -2.31. The molecule has 0 aliphatic heterocycles. The number of aromatic nitrogens is 1. The predicted molar refractivity (Wildman–Crippen MR) is 102 cm³/mol. The zero-order chi connectivity index (χ0) is 17.6. The summed E-state index contributed by atoms with van der Waals surface area (Å²) in [6, 6.07) is 21.4. The molecule has 1 amide bonds. The van der Waals surface area contributed by atoms with Crippen LogP contribution in [0.4, 0.5) is 17.1 Å². The fraction of sp³-hybridized carbons (Fsp3) is 0.143. The third-order valence-corrected chi connectivity index (χ3v) is 3.92. The summed E-state index contributed by atoms with van der Waals surface area (Å²) >= 11 is 0. The molecule has 1 N–H and O–H groups in total. The Morgan fingerprint density at radius 2 is 1.80 bits per heavy atom. The van der Waals surface area contributed by atoms with Gasteiger partial charge in [0.05, 0.1) is 11.9 Å². The number of carbonyl (C=O) groups excluding carboxylic acids is 1. The number of rotatable bonds is 5. The number of nitrogens with zero attached hydrogens (tertiary/aromatic N) is 2. The maximum atomic E-state index is 12.7. The molecule has 0 aliphatic rings. The molecule has 2 aromatic carbocycles. The van der Waals surface area contributed by atoms with E-state index in [1.807, 2.05) is 68.4 Å². The van der Waals surface area contributed by atoms with Gasteiger partial charge in [-0.15, -0.1) is 0 Å². The zero-order valence-electron chi connectivity index (χ0n) is 14.4. The summed E-state index contributed by atoms with van der Waals surface area (Å²) < 4.78 is 0. The molecule has 4 nitrogen and oxygen atoms in total. The van der Waals surface area contributed by atoms with Crippen LogP contribution in [0.15, 0.2) is 72.9 Å². The minimum Gasteiger partial charge on any atom is -0.354 e. The topological polar surface area (TPSA) is 45.2 Å². The van der Waals surface area contributed by atoms with E-state index in [0.717, 1.165) is 17.1 Å². The average molecular weight is 331 g/mol. The Morgan fingerprint density at radius 1 is 1.00 bits per heavy atom. The monoisotopic (exact) mass is 331 g/mol. The molecule has 0 fully saturated rings. The number of aryl methyl sites for hydroxylation is 1. The van der Waals surface area contributed by atoms with Crippen molar-refractivity contribution < 1.29 is 4.79 Å². The Morgan fingerprint density at radius 3 is 2.44 bits per heavy atom. The molecule has 0 saturated heterocycles. The van der Waals surface area contributed by atoms with Gasteiger partial charge < -0.3 is 10.2 Å². The van der Waals surface area contributed by atoms with Crippen LogP contribution in [0.3, 0.4) is 0 Å². The summed E-state index contributed by atoms with van der Waals surface area (Å²) in [6.45, 7) is 4.60. The minimum absolute atomic E-state index is 0.101.